The molecule has 94 valence electrons. The molecule has 2 aliphatic rings. The van der Waals surface area contributed by atoms with Gasteiger partial charge in [-0.1, -0.05) is 6.07 Å². The third-order valence-electron chi connectivity index (χ3n) is 3.51. The number of primary amides is 1. The summed E-state index contributed by atoms with van der Waals surface area (Å²) in [5.74, 6) is -0.496. The molecule has 3 unspecified atom stereocenters. The van der Waals surface area contributed by atoms with Gasteiger partial charge in [0.1, 0.15) is 0 Å². The number of rotatable bonds is 1. The van der Waals surface area contributed by atoms with Crippen LogP contribution in [0.1, 0.15) is 17.0 Å². The van der Waals surface area contributed by atoms with Gasteiger partial charge in [0.15, 0.2) is 0 Å². The van der Waals surface area contributed by atoms with Crippen molar-refractivity contribution in [3.63, 3.8) is 0 Å². The second kappa shape index (κ2) is 3.66. The molecule has 1 aromatic rings. The van der Waals surface area contributed by atoms with E-state index in [9.17, 15) is 4.79 Å². The van der Waals surface area contributed by atoms with Gasteiger partial charge in [-0.25, -0.2) is 0 Å². The summed E-state index contributed by atoms with van der Waals surface area (Å²) in [5, 5.41) is -0.372. The highest BCUT2D eigenvalue weighted by molar-refractivity contribution is 8.01. The molecule has 0 radical (unpaired) electrons. The van der Waals surface area contributed by atoms with Crippen LogP contribution in [0.15, 0.2) is 23.1 Å². The van der Waals surface area contributed by atoms with Crippen molar-refractivity contribution in [1.82, 2.24) is 0 Å². The van der Waals surface area contributed by atoms with E-state index in [0.717, 1.165) is 16.0 Å². The standard InChI is InChI=1S/C12H14N4OS/c13-5-2-1-4-6(14)3-7(15)9-8(4)10(5)18-11(9)12(16)17/h1-3,7,9,11H,13-15H2,(H2,16,17). The molecule has 0 spiro atoms. The Kier molecular flexibility index (Phi) is 2.33. The first kappa shape index (κ1) is 11.4. The predicted molar refractivity (Wildman–Crippen MR) is 72.6 cm³/mol. The van der Waals surface area contributed by atoms with Crippen molar-refractivity contribution >= 4 is 29.1 Å². The normalized spacial score (nSPS) is 28.7. The summed E-state index contributed by atoms with van der Waals surface area (Å²) in [7, 11) is 0. The number of nitrogen functional groups attached to an aromatic ring is 1. The molecule has 5 nitrogen and oxygen atoms in total. The lowest BCUT2D eigenvalue weighted by Crippen LogP contribution is -2.40. The van der Waals surface area contributed by atoms with Gasteiger partial charge in [0, 0.05) is 33.8 Å². The average molecular weight is 262 g/mol. The molecular formula is C12H14N4OS. The summed E-state index contributed by atoms with van der Waals surface area (Å²) in [5.41, 5.74) is 26.7. The van der Waals surface area contributed by atoms with Gasteiger partial charge in [-0.2, -0.15) is 0 Å². The monoisotopic (exact) mass is 262 g/mol. The molecule has 18 heavy (non-hydrogen) atoms. The maximum Gasteiger partial charge on any atom is 0.231 e. The highest BCUT2D eigenvalue weighted by Gasteiger charge is 2.44. The summed E-state index contributed by atoms with van der Waals surface area (Å²) >= 11 is 1.40. The molecular weight excluding hydrogens is 248 g/mol. The second-order valence-electron chi connectivity index (χ2n) is 4.61. The summed E-state index contributed by atoms with van der Waals surface area (Å²) < 4.78 is 0. The van der Waals surface area contributed by atoms with Crippen molar-refractivity contribution in [3.8, 4) is 0 Å². The van der Waals surface area contributed by atoms with Crippen LogP contribution in [0.3, 0.4) is 0 Å². The van der Waals surface area contributed by atoms with Crippen molar-refractivity contribution in [2.24, 2.45) is 17.2 Å². The Balaban J connectivity index is 2.26. The van der Waals surface area contributed by atoms with Gasteiger partial charge in [0.2, 0.25) is 5.91 Å². The number of thioether (sulfide) groups is 1. The van der Waals surface area contributed by atoms with Crippen molar-refractivity contribution < 1.29 is 4.79 Å². The minimum atomic E-state index is -0.372. The lowest BCUT2D eigenvalue weighted by molar-refractivity contribution is -0.117. The molecule has 1 aliphatic carbocycles. The number of carbonyl (C=O) groups is 1. The van der Waals surface area contributed by atoms with E-state index < -0.39 is 0 Å². The predicted octanol–water partition coefficient (Wildman–Crippen LogP) is -0.0475. The zero-order chi connectivity index (χ0) is 13.0. The van der Waals surface area contributed by atoms with Crippen LogP contribution in [-0.2, 0) is 4.79 Å². The zero-order valence-corrected chi connectivity index (χ0v) is 10.4. The Bertz CT molecular complexity index is 584. The highest BCUT2D eigenvalue weighted by atomic mass is 32.2. The summed E-state index contributed by atoms with van der Waals surface area (Å²) in [4.78, 5) is 12.5. The molecule has 1 aliphatic heterocycles. The van der Waals surface area contributed by atoms with Crippen LogP contribution in [-0.4, -0.2) is 17.2 Å². The second-order valence-corrected chi connectivity index (χ2v) is 5.76. The Hall–Kier alpha value is -1.66. The summed E-state index contributed by atoms with van der Waals surface area (Å²) in [6.45, 7) is 0. The number of benzene rings is 1. The van der Waals surface area contributed by atoms with Crippen LogP contribution >= 0.6 is 11.8 Å². The van der Waals surface area contributed by atoms with Gasteiger partial charge in [0.05, 0.1) is 5.25 Å². The van der Waals surface area contributed by atoms with Crippen LogP contribution in [0.5, 0.6) is 0 Å². The van der Waals surface area contributed by atoms with E-state index in [1.807, 2.05) is 6.07 Å². The lowest BCUT2D eigenvalue weighted by Gasteiger charge is -2.28. The van der Waals surface area contributed by atoms with E-state index in [-0.39, 0.29) is 23.1 Å². The zero-order valence-electron chi connectivity index (χ0n) is 9.59. The molecule has 3 atom stereocenters. The van der Waals surface area contributed by atoms with E-state index >= 15 is 0 Å². The third-order valence-corrected chi connectivity index (χ3v) is 4.98. The Morgan fingerprint density at radius 2 is 2.00 bits per heavy atom. The van der Waals surface area contributed by atoms with Crippen molar-refractivity contribution in [3.05, 3.63) is 29.3 Å². The molecule has 0 aromatic heterocycles. The van der Waals surface area contributed by atoms with E-state index in [2.05, 4.69) is 0 Å². The van der Waals surface area contributed by atoms with Gasteiger partial charge in [-0.15, -0.1) is 11.8 Å². The van der Waals surface area contributed by atoms with Crippen LogP contribution in [0.4, 0.5) is 5.69 Å². The number of amides is 1. The summed E-state index contributed by atoms with van der Waals surface area (Å²) in [6.07, 6.45) is 1.79. The summed E-state index contributed by atoms with van der Waals surface area (Å²) in [6, 6.07) is 3.38. The van der Waals surface area contributed by atoms with Gasteiger partial charge in [0.25, 0.3) is 0 Å². The minimum absolute atomic E-state index is 0.131. The topological polar surface area (TPSA) is 121 Å². The number of hydrogen-bond acceptors (Lipinski definition) is 5. The van der Waals surface area contributed by atoms with Crippen LogP contribution in [0, 0.1) is 0 Å². The third kappa shape index (κ3) is 1.36. The Labute approximate surface area is 109 Å². The van der Waals surface area contributed by atoms with E-state index in [1.165, 1.54) is 11.8 Å². The molecule has 1 amide bonds. The minimum Gasteiger partial charge on any atom is -0.398 e. The van der Waals surface area contributed by atoms with Crippen LogP contribution in [0.2, 0.25) is 0 Å². The maximum absolute atomic E-state index is 11.6. The first-order valence-electron chi connectivity index (χ1n) is 5.62. The van der Waals surface area contributed by atoms with Gasteiger partial charge in [-0.3, -0.25) is 4.79 Å². The number of hydrogen-bond donors (Lipinski definition) is 4. The molecule has 0 bridgehead atoms. The number of anilines is 1. The molecule has 8 N–H and O–H groups in total. The largest absolute Gasteiger partial charge is 0.398 e. The van der Waals surface area contributed by atoms with Crippen LogP contribution in [0.25, 0.3) is 5.70 Å². The highest BCUT2D eigenvalue weighted by Crippen LogP contribution is 2.53. The smallest absolute Gasteiger partial charge is 0.231 e. The molecule has 0 saturated carbocycles. The molecule has 3 rings (SSSR count). The fourth-order valence-corrected chi connectivity index (χ4v) is 4.12. The van der Waals surface area contributed by atoms with Gasteiger partial charge < -0.3 is 22.9 Å². The quantitative estimate of drug-likeness (QED) is 0.529. The SMILES string of the molecule is NC(=O)C1Sc2c(N)ccc3c2C1C(N)C=C3N. The molecule has 0 fully saturated rings. The van der Waals surface area contributed by atoms with E-state index in [1.54, 1.807) is 12.1 Å². The van der Waals surface area contributed by atoms with E-state index in [4.69, 9.17) is 22.9 Å². The molecule has 0 saturated heterocycles. The number of nitrogens with two attached hydrogens (primary N) is 4. The van der Waals surface area contributed by atoms with Crippen LogP contribution < -0.4 is 22.9 Å². The fourth-order valence-electron chi connectivity index (χ4n) is 2.71. The molecule has 1 aromatic carbocycles. The first-order valence-corrected chi connectivity index (χ1v) is 6.50. The molecule has 1 heterocycles. The van der Waals surface area contributed by atoms with E-state index in [0.29, 0.717) is 11.4 Å². The van der Waals surface area contributed by atoms with Gasteiger partial charge >= 0.3 is 0 Å². The van der Waals surface area contributed by atoms with Crippen molar-refractivity contribution in [1.29, 1.82) is 0 Å². The van der Waals surface area contributed by atoms with Gasteiger partial charge in [-0.05, 0) is 17.7 Å². The maximum atomic E-state index is 11.6. The van der Waals surface area contributed by atoms with Crippen molar-refractivity contribution in [2.45, 2.75) is 22.1 Å². The Morgan fingerprint density at radius 1 is 1.28 bits per heavy atom. The molecule has 6 heteroatoms. The number of carbonyl (C=O) groups excluding carboxylic acids is 1. The van der Waals surface area contributed by atoms with Crippen molar-refractivity contribution in [2.75, 3.05) is 5.73 Å². The first-order chi connectivity index (χ1) is 8.50. The fraction of sp³-hybridized carbons (Fsp3) is 0.250. The Morgan fingerprint density at radius 3 is 2.67 bits per heavy atom. The lowest BCUT2D eigenvalue weighted by atomic mass is 9.80. The average Bonchev–Trinajstić information content (AvgIpc) is 2.69.